The Morgan fingerprint density at radius 2 is 1.90 bits per heavy atom. The Kier molecular flexibility index (Phi) is 7.40. The first kappa shape index (κ1) is 21.3. The first-order valence-electron chi connectivity index (χ1n) is 9.64. The van der Waals surface area contributed by atoms with Gasteiger partial charge in [-0.3, -0.25) is 4.79 Å². The standard InChI is InChI=1S/C22H26N4O4/c1-28-13-12-21(23)25-30-15-22(27)26-20(17-8-10-18(29-2)11-9-17)14-19(24-26)16-6-4-3-5-7-16/h3-11,20H,12-15H2,1-2H3,(H2,23,25). The number of amides is 1. The average Bonchev–Trinajstić information content (AvgIpc) is 3.24. The highest BCUT2D eigenvalue weighted by atomic mass is 16.6. The van der Waals surface area contributed by atoms with E-state index < -0.39 is 0 Å². The molecular weight excluding hydrogens is 384 g/mol. The lowest BCUT2D eigenvalue weighted by Gasteiger charge is -2.21. The number of methoxy groups -OCH3 is 2. The van der Waals surface area contributed by atoms with E-state index in [0.717, 1.165) is 22.6 Å². The molecule has 2 aromatic rings. The highest BCUT2D eigenvalue weighted by molar-refractivity contribution is 6.03. The van der Waals surface area contributed by atoms with Gasteiger partial charge in [0, 0.05) is 20.0 Å². The number of nitrogens with two attached hydrogens (primary N) is 1. The third kappa shape index (κ3) is 5.36. The second kappa shape index (κ2) is 10.4. The largest absolute Gasteiger partial charge is 0.497 e. The summed E-state index contributed by atoms with van der Waals surface area (Å²) in [6.07, 6.45) is 1.03. The van der Waals surface area contributed by atoms with Gasteiger partial charge in [-0.1, -0.05) is 47.6 Å². The molecule has 0 aliphatic carbocycles. The van der Waals surface area contributed by atoms with Crippen LogP contribution in [-0.2, 0) is 14.4 Å². The van der Waals surface area contributed by atoms with Crippen LogP contribution in [0, 0.1) is 0 Å². The average molecular weight is 410 g/mol. The fourth-order valence-corrected chi connectivity index (χ4v) is 3.12. The Morgan fingerprint density at radius 3 is 2.57 bits per heavy atom. The molecule has 8 heteroatoms. The number of carbonyl (C=O) groups is 1. The number of nitrogens with zero attached hydrogens (tertiary/aromatic N) is 3. The molecular formula is C22H26N4O4. The maximum Gasteiger partial charge on any atom is 0.283 e. The van der Waals surface area contributed by atoms with Gasteiger partial charge in [-0.25, -0.2) is 5.01 Å². The van der Waals surface area contributed by atoms with Gasteiger partial charge in [0.15, 0.2) is 6.61 Å². The van der Waals surface area contributed by atoms with Crippen molar-refractivity contribution in [2.45, 2.75) is 18.9 Å². The number of hydrazone groups is 1. The van der Waals surface area contributed by atoms with Crippen molar-refractivity contribution in [1.82, 2.24) is 5.01 Å². The van der Waals surface area contributed by atoms with Crippen molar-refractivity contribution in [2.24, 2.45) is 16.0 Å². The zero-order valence-electron chi connectivity index (χ0n) is 17.2. The molecule has 1 aliphatic heterocycles. The zero-order chi connectivity index (χ0) is 21.3. The van der Waals surface area contributed by atoms with Crippen molar-refractivity contribution in [3.63, 3.8) is 0 Å². The van der Waals surface area contributed by atoms with Crippen LogP contribution >= 0.6 is 0 Å². The third-order valence-electron chi connectivity index (χ3n) is 4.71. The molecule has 158 valence electrons. The summed E-state index contributed by atoms with van der Waals surface area (Å²) < 4.78 is 10.2. The Labute approximate surface area is 175 Å². The number of hydrogen-bond donors (Lipinski definition) is 1. The first-order valence-corrected chi connectivity index (χ1v) is 9.64. The van der Waals surface area contributed by atoms with E-state index in [-0.39, 0.29) is 24.4 Å². The number of rotatable bonds is 9. The number of benzene rings is 2. The van der Waals surface area contributed by atoms with Crippen molar-refractivity contribution in [3.8, 4) is 5.75 Å². The molecule has 1 heterocycles. The number of hydrogen-bond acceptors (Lipinski definition) is 6. The normalized spacial score (nSPS) is 16.3. The lowest BCUT2D eigenvalue weighted by molar-refractivity contribution is -0.138. The minimum absolute atomic E-state index is 0.239. The fraction of sp³-hybridized carbons (Fsp3) is 0.318. The van der Waals surface area contributed by atoms with Crippen molar-refractivity contribution in [1.29, 1.82) is 0 Å². The lowest BCUT2D eigenvalue weighted by atomic mass is 9.98. The molecule has 1 amide bonds. The maximum atomic E-state index is 12.9. The van der Waals surface area contributed by atoms with Gasteiger partial charge in [0.05, 0.1) is 25.5 Å². The van der Waals surface area contributed by atoms with E-state index in [1.54, 1.807) is 14.2 Å². The van der Waals surface area contributed by atoms with E-state index in [0.29, 0.717) is 19.4 Å². The quantitative estimate of drug-likeness (QED) is 0.389. The van der Waals surface area contributed by atoms with Crippen LogP contribution in [0.1, 0.15) is 30.0 Å². The van der Waals surface area contributed by atoms with E-state index in [1.807, 2.05) is 54.6 Å². The molecule has 30 heavy (non-hydrogen) atoms. The van der Waals surface area contributed by atoms with Gasteiger partial charge in [0.1, 0.15) is 11.6 Å². The molecule has 1 atom stereocenters. The molecule has 0 fully saturated rings. The van der Waals surface area contributed by atoms with Gasteiger partial charge >= 0.3 is 0 Å². The van der Waals surface area contributed by atoms with Crippen molar-refractivity contribution >= 4 is 17.5 Å². The minimum Gasteiger partial charge on any atom is -0.497 e. The van der Waals surface area contributed by atoms with E-state index in [1.165, 1.54) is 5.01 Å². The third-order valence-corrected chi connectivity index (χ3v) is 4.71. The van der Waals surface area contributed by atoms with Crippen molar-refractivity contribution in [2.75, 3.05) is 27.4 Å². The molecule has 0 spiro atoms. The number of oxime groups is 1. The summed E-state index contributed by atoms with van der Waals surface area (Å²) in [5, 5.41) is 9.83. The van der Waals surface area contributed by atoms with Crippen LogP contribution in [-0.4, -0.2) is 49.9 Å². The van der Waals surface area contributed by atoms with E-state index in [9.17, 15) is 4.79 Å². The second-order valence-electron chi connectivity index (χ2n) is 6.74. The van der Waals surface area contributed by atoms with Crippen LogP contribution in [0.2, 0.25) is 0 Å². The Morgan fingerprint density at radius 1 is 1.17 bits per heavy atom. The Balaban J connectivity index is 1.76. The summed E-state index contributed by atoms with van der Waals surface area (Å²) >= 11 is 0. The summed E-state index contributed by atoms with van der Waals surface area (Å²) in [6.45, 7) is 0.176. The smallest absolute Gasteiger partial charge is 0.283 e. The lowest BCUT2D eigenvalue weighted by Crippen LogP contribution is -2.30. The van der Waals surface area contributed by atoms with Gasteiger partial charge in [0.25, 0.3) is 5.91 Å². The summed E-state index contributed by atoms with van der Waals surface area (Å²) in [4.78, 5) is 18.0. The van der Waals surface area contributed by atoms with E-state index in [2.05, 4.69) is 10.3 Å². The Hall–Kier alpha value is -3.39. The second-order valence-corrected chi connectivity index (χ2v) is 6.74. The topological polar surface area (TPSA) is 98.7 Å². The molecule has 0 aromatic heterocycles. The summed E-state index contributed by atoms with van der Waals surface area (Å²) in [5.74, 6) is 0.722. The van der Waals surface area contributed by atoms with Crippen LogP contribution in [0.4, 0.5) is 0 Å². The zero-order valence-corrected chi connectivity index (χ0v) is 17.2. The van der Waals surface area contributed by atoms with E-state index >= 15 is 0 Å². The number of carbonyl (C=O) groups excluding carboxylic acids is 1. The van der Waals surface area contributed by atoms with Crippen molar-refractivity contribution < 1.29 is 19.1 Å². The number of amidine groups is 1. The molecule has 3 rings (SSSR count). The van der Waals surface area contributed by atoms with Crippen LogP contribution in [0.5, 0.6) is 5.75 Å². The highest BCUT2D eigenvalue weighted by Crippen LogP contribution is 2.33. The van der Waals surface area contributed by atoms with Gasteiger partial charge in [0.2, 0.25) is 0 Å². The Bertz CT molecular complexity index is 897. The van der Waals surface area contributed by atoms with Crippen LogP contribution < -0.4 is 10.5 Å². The first-order chi connectivity index (χ1) is 14.6. The molecule has 0 saturated heterocycles. The fourth-order valence-electron chi connectivity index (χ4n) is 3.12. The molecule has 0 bridgehead atoms. The molecule has 0 saturated carbocycles. The molecule has 1 unspecified atom stereocenters. The van der Waals surface area contributed by atoms with Crippen molar-refractivity contribution in [3.05, 3.63) is 65.7 Å². The molecule has 1 aliphatic rings. The van der Waals surface area contributed by atoms with Gasteiger partial charge < -0.3 is 20.0 Å². The summed E-state index contributed by atoms with van der Waals surface area (Å²) in [7, 11) is 3.19. The minimum atomic E-state index is -0.301. The number of ether oxygens (including phenoxy) is 2. The molecule has 0 radical (unpaired) electrons. The van der Waals surface area contributed by atoms with Gasteiger partial charge in [-0.05, 0) is 23.3 Å². The SMILES string of the molecule is COCC/C(N)=N/OCC(=O)N1N=C(c2ccccc2)CC1c1ccc(OC)cc1. The molecule has 2 N–H and O–H groups in total. The molecule has 8 nitrogen and oxygen atoms in total. The van der Waals surface area contributed by atoms with Crippen LogP contribution in [0.15, 0.2) is 64.9 Å². The predicted molar refractivity (Wildman–Crippen MR) is 114 cm³/mol. The summed E-state index contributed by atoms with van der Waals surface area (Å²) in [5.41, 5.74) is 8.51. The van der Waals surface area contributed by atoms with Gasteiger partial charge in [-0.15, -0.1) is 0 Å². The monoisotopic (exact) mass is 410 g/mol. The predicted octanol–water partition coefficient (Wildman–Crippen LogP) is 2.70. The summed E-state index contributed by atoms with van der Waals surface area (Å²) in [6, 6.07) is 17.2. The molecule has 2 aromatic carbocycles. The van der Waals surface area contributed by atoms with Crippen LogP contribution in [0.3, 0.4) is 0 Å². The van der Waals surface area contributed by atoms with Crippen LogP contribution in [0.25, 0.3) is 0 Å². The van der Waals surface area contributed by atoms with Gasteiger partial charge in [-0.2, -0.15) is 5.10 Å². The maximum absolute atomic E-state index is 12.9. The van der Waals surface area contributed by atoms with E-state index in [4.69, 9.17) is 20.0 Å². The highest BCUT2D eigenvalue weighted by Gasteiger charge is 2.33.